The largest absolute Gasteiger partial charge is 0.463 e. The van der Waals surface area contributed by atoms with Crippen LogP contribution in [0.15, 0.2) is 52.0 Å². The Labute approximate surface area is 210 Å². The van der Waals surface area contributed by atoms with Crippen molar-refractivity contribution in [2.45, 2.75) is 25.0 Å². The lowest BCUT2D eigenvalue weighted by molar-refractivity contribution is -0.139. The summed E-state index contributed by atoms with van der Waals surface area (Å²) in [7, 11) is 2.93. The Morgan fingerprint density at radius 1 is 1.36 bits per heavy atom. The topological polar surface area (TPSA) is 150 Å². The number of urea groups is 1. The van der Waals surface area contributed by atoms with Crippen LogP contribution in [0.5, 0.6) is 0 Å². The first kappa shape index (κ1) is 25.1. The molecule has 36 heavy (non-hydrogen) atoms. The second-order valence-corrected chi connectivity index (χ2v) is 9.02. The zero-order valence-corrected chi connectivity index (χ0v) is 20.5. The van der Waals surface area contributed by atoms with Gasteiger partial charge in [-0.15, -0.1) is 0 Å². The number of hydrogen-bond donors (Lipinski definition) is 2. The van der Waals surface area contributed by atoms with E-state index in [4.69, 9.17) is 15.2 Å². The number of allylic oxidation sites excluding steroid dienone is 1. The van der Waals surface area contributed by atoms with Gasteiger partial charge in [0.25, 0.3) is 5.91 Å². The molecular formula is C23H23FN6O5S. The van der Waals surface area contributed by atoms with E-state index in [1.807, 2.05) is 6.07 Å². The van der Waals surface area contributed by atoms with Gasteiger partial charge in [0.1, 0.15) is 29.3 Å². The van der Waals surface area contributed by atoms with Crippen molar-refractivity contribution < 1.29 is 28.2 Å². The van der Waals surface area contributed by atoms with Gasteiger partial charge < -0.3 is 25.4 Å². The van der Waals surface area contributed by atoms with E-state index in [0.29, 0.717) is 5.17 Å². The predicted octanol–water partition coefficient (Wildman–Crippen LogP) is 1.36. The fraction of sp³-hybridized carbons (Fsp3) is 0.348. The van der Waals surface area contributed by atoms with Gasteiger partial charge in [0, 0.05) is 19.7 Å². The summed E-state index contributed by atoms with van der Waals surface area (Å²) >= 11 is 1.10. The minimum absolute atomic E-state index is 0.00846. The lowest BCUT2D eigenvalue weighted by Crippen LogP contribution is -2.63. The Morgan fingerprint density at radius 2 is 2.08 bits per heavy atom. The number of imide groups is 1. The highest BCUT2D eigenvalue weighted by Gasteiger charge is 2.47. The quantitative estimate of drug-likeness (QED) is 0.555. The minimum atomic E-state index is -1.14. The van der Waals surface area contributed by atoms with Gasteiger partial charge in [-0.3, -0.25) is 9.69 Å². The Balaban J connectivity index is 1.68. The summed E-state index contributed by atoms with van der Waals surface area (Å²) in [5.41, 5.74) is 5.91. The number of esters is 1. The lowest BCUT2D eigenvalue weighted by Gasteiger charge is -2.36. The average Bonchev–Trinajstić information content (AvgIpc) is 3.29. The van der Waals surface area contributed by atoms with Crippen LogP contribution in [0.3, 0.4) is 0 Å². The molecule has 3 atom stereocenters. The smallest absolute Gasteiger partial charge is 0.338 e. The molecule has 0 spiro atoms. The predicted molar refractivity (Wildman–Crippen MR) is 127 cm³/mol. The zero-order chi connectivity index (χ0) is 26.1. The summed E-state index contributed by atoms with van der Waals surface area (Å²) < 4.78 is 25.7. The molecule has 3 aliphatic heterocycles. The van der Waals surface area contributed by atoms with Crippen LogP contribution >= 0.6 is 11.8 Å². The van der Waals surface area contributed by atoms with Crippen molar-refractivity contribution >= 4 is 34.8 Å². The zero-order valence-electron chi connectivity index (χ0n) is 19.6. The molecule has 0 aliphatic carbocycles. The Bertz CT molecular complexity index is 1270. The number of likely N-dealkylation sites (N-methyl/N-ethyl adjacent to an activating group) is 2. The molecule has 0 radical (unpaired) electrons. The number of aliphatic imine (C=N–C) groups is 1. The van der Waals surface area contributed by atoms with E-state index in [0.717, 1.165) is 16.7 Å². The third-order valence-corrected chi connectivity index (χ3v) is 6.86. The van der Waals surface area contributed by atoms with E-state index in [1.54, 1.807) is 20.0 Å². The van der Waals surface area contributed by atoms with Gasteiger partial charge in [0.2, 0.25) is 5.88 Å². The van der Waals surface area contributed by atoms with Gasteiger partial charge in [-0.25, -0.2) is 19.0 Å². The number of amides is 3. The first-order chi connectivity index (χ1) is 17.2. The molecule has 4 rings (SSSR count). The molecule has 11 nitrogen and oxygen atoms in total. The Kier molecular flexibility index (Phi) is 6.89. The summed E-state index contributed by atoms with van der Waals surface area (Å²) in [6.45, 7) is 1.66. The van der Waals surface area contributed by atoms with Crippen LogP contribution in [0.25, 0.3) is 0 Å². The normalized spacial score (nSPS) is 23.6. The Morgan fingerprint density at radius 3 is 2.75 bits per heavy atom. The molecule has 3 amide bonds. The average molecular weight is 515 g/mol. The van der Waals surface area contributed by atoms with Crippen LogP contribution < -0.4 is 11.1 Å². The molecule has 0 bridgehead atoms. The van der Waals surface area contributed by atoms with Crippen molar-refractivity contribution in [1.82, 2.24) is 15.1 Å². The molecule has 3 heterocycles. The molecule has 3 N–H and O–H groups in total. The summed E-state index contributed by atoms with van der Waals surface area (Å²) in [5, 5.41) is 13.1. The van der Waals surface area contributed by atoms with Crippen LogP contribution in [0.1, 0.15) is 18.4 Å². The monoisotopic (exact) mass is 514 g/mol. The van der Waals surface area contributed by atoms with Crippen LogP contribution in [-0.2, 0) is 19.1 Å². The highest BCUT2D eigenvalue weighted by atomic mass is 32.2. The number of carbonyl (C=O) groups excluding carboxylic acids is 3. The van der Waals surface area contributed by atoms with Crippen LogP contribution in [0.4, 0.5) is 9.18 Å². The highest BCUT2D eigenvalue weighted by Crippen LogP contribution is 2.41. The Hall–Kier alpha value is -4.05. The second-order valence-electron chi connectivity index (χ2n) is 8.05. The number of nitrogens with one attached hydrogen (secondary N) is 1. The number of ether oxygens (including phenoxy) is 2. The number of nitrogens with zero attached hydrogens (tertiary/aromatic N) is 4. The van der Waals surface area contributed by atoms with E-state index >= 15 is 0 Å². The summed E-state index contributed by atoms with van der Waals surface area (Å²) in [4.78, 5) is 44.6. The van der Waals surface area contributed by atoms with Gasteiger partial charge >= 0.3 is 12.0 Å². The molecular weight excluding hydrogens is 491 g/mol. The molecule has 1 aromatic rings. The number of amidine groups is 1. The highest BCUT2D eigenvalue weighted by molar-refractivity contribution is 8.14. The maximum Gasteiger partial charge on any atom is 0.338 e. The number of nitriles is 1. The molecule has 0 aromatic heterocycles. The summed E-state index contributed by atoms with van der Waals surface area (Å²) in [6, 6.07) is 6.45. The first-order valence-corrected chi connectivity index (χ1v) is 11.9. The third-order valence-electron chi connectivity index (χ3n) is 5.96. The lowest BCUT2D eigenvalue weighted by atomic mass is 9.83. The first-order valence-electron chi connectivity index (χ1n) is 10.9. The fourth-order valence-corrected chi connectivity index (χ4v) is 5.06. The van der Waals surface area contributed by atoms with Gasteiger partial charge in [-0.1, -0.05) is 30.0 Å². The molecule has 1 saturated heterocycles. The van der Waals surface area contributed by atoms with Crippen molar-refractivity contribution in [2.24, 2.45) is 10.7 Å². The van der Waals surface area contributed by atoms with Gasteiger partial charge in [0.05, 0.1) is 23.9 Å². The maximum atomic E-state index is 14.8. The van der Waals surface area contributed by atoms with Crippen molar-refractivity contribution in [2.75, 3.05) is 26.5 Å². The van der Waals surface area contributed by atoms with Crippen molar-refractivity contribution in [3.8, 4) is 6.07 Å². The summed E-state index contributed by atoms with van der Waals surface area (Å²) in [6.07, 6.45) is -0.726. The van der Waals surface area contributed by atoms with Crippen LogP contribution in [0, 0.1) is 17.1 Å². The number of thioether (sulfide) groups is 1. The van der Waals surface area contributed by atoms with E-state index in [2.05, 4.69) is 10.3 Å². The molecule has 0 unspecified atom stereocenters. The molecule has 1 fully saturated rings. The molecule has 0 saturated carbocycles. The van der Waals surface area contributed by atoms with E-state index < -0.39 is 41.9 Å². The number of fused-ring (bicyclic) bond motifs is 1. The summed E-state index contributed by atoms with van der Waals surface area (Å²) in [5.74, 6) is -3.17. The van der Waals surface area contributed by atoms with Crippen molar-refractivity contribution in [3.63, 3.8) is 0 Å². The molecule has 13 heteroatoms. The van der Waals surface area contributed by atoms with Crippen LogP contribution in [-0.4, -0.2) is 71.5 Å². The van der Waals surface area contributed by atoms with Crippen molar-refractivity contribution in [3.05, 3.63) is 58.4 Å². The van der Waals surface area contributed by atoms with Gasteiger partial charge in [-0.2, -0.15) is 5.26 Å². The molecule has 3 aliphatic rings. The number of rotatable bonds is 5. The SMILES string of the molecule is CCOC(=O)C1=C(CSC2=N[C@@H]3[C@@H](N2)C(=O)N(C)C(=O)N3C)OC(N)=C(C#N)[C@@H]1c1ccccc1F. The minimum Gasteiger partial charge on any atom is -0.463 e. The fourth-order valence-electron chi connectivity index (χ4n) is 4.18. The van der Waals surface area contributed by atoms with Gasteiger partial charge in [-0.05, 0) is 13.0 Å². The van der Waals surface area contributed by atoms with Crippen molar-refractivity contribution in [1.29, 1.82) is 5.26 Å². The molecule has 188 valence electrons. The number of halogens is 1. The van der Waals surface area contributed by atoms with Crippen LogP contribution in [0.2, 0.25) is 0 Å². The standard InChI is InChI=1S/C23H23FN6O5S/c1-4-34-21(32)16-14(35-18(26)12(9-25)15(16)11-7-5-6-8-13(11)24)10-36-22-27-17-19(28-22)29(2)23(33)30(3)20(17)31/h5-8,15,17,19H,4,10,26H2,1-3H3,(H,27,28)/t15-,17+,19-/m0/s1. The van der Waals surface area contributed by atoms with E-state index in [9.17, 15) is 24.0 Å². The maximum absolute atomic E-state index is 14.8. The number of nitrogens with two attached hydrogens (primary N) is 1. The molecule has 1 aromatic carbocycles. The third kappa shape index (κ3) is 4.24. The van der Waals surface area contributed by atoms with E-state index in [-0.39, 0.29) is 40.7 Å². The second kappa shape index (κ2) is 9.90. The number of hydrogen-bond acceptors (Lipinski definition) is 10. The van der Waals surface area contributed by atoms with E-state index in [1.165, 1.54) is 30.1 Å². The number of benzene rings is 1. The number of carbonyl (C=O) groups is 3. The van der Waals surface area contributed by atoms with Gasteiger partial charge in [0.15, 0.2) is 11.3 Å².